The van der Waals surface area contributed by atoms with Gasteiger partial charge in [0.2, 0.25) is 0 Å². The second-order valence-electron chi connectivity index (χ2n) is 6.18. The average molecular weight is 352 g/mol. The predicted octanol–water partition coefficient (Wildman–Crippen LogP) is 4.30. The monoisotopic (exact) mass is 352 g/mol. The van der Waals surface area contributed by atoms with Crippen molar-refractivity contribution in [2.45, 2.75) is 13.5 Å². The summed E-state index contributed by atoms with van der Waals surface area (Å²) in [5, 5.41) is -0.218. The third-order valence-electron chi connectivity index (χ3n) is 4.17. The number of amides is 2. The summed E-state index contributed by atoms with van der Waals surface area (Å²) >= 11 is 1.00. The smallest absolute Gasteiger partial charge is 0.293 e. The highest BCUT2D eigenvalue weighted by Gasteiger charge is 2.35. The Morgan fingerprint density at radius 1 is 1.04 bits per heavy atom. The molecule has 5 heteroatoms. The standard InChI is InChI=1S/C20H20N2O2S/c1-14-6-4-5-7-16(14)13-22-19(23)18(25-20(22)24)12-15-8-10-17(11-9-15)21(2)3/h4-12H,13H2,1-3H3. The van der Waals surface area contributed by atoms with Crippen molar-refractivity contribution >= 4 is 34.7 Å². The molecule has 25 heavy (non-hydrogen) atoms. The maximum absolute atomic E-state index is 12.6. The average Bonchev–Trinajstić information content (AvgIpc) is 2.85. The third kappa shape index (κ3) is 3.77. The van der Waals surface area contributed by atoms with Crippen molar-refractivity contribution in [3.8, 4) is 0 Å². The van der Waals surface area contributed by atoms with Gasteiger partial charge in [-0.3, -0.25) is 14.5 Å². The number of thioether (sulfide) groups is 1. The van der Waals surface area contributed by atoms with Gasteiger partial charge >= 0.3 is 0 Å². The summed E-state index contributed by atoms with van der Waals surface area (Å²) in [5.41, 5.74) is 4.06. The lowest BCUT2D eigenvalue weighted by Gasteiger charge is -2.14. The lowest BCUT2D eigenvalue weighted by atomic mass is 10.1. The minimum absolute atomic E-state index is 0.218. The van der Waals surface area contributed by atoms with E-state index in [1.807, 2.05) is 74.4 Å². The van der Waals surface area contributed by atoms with Crippen LogP contribution in [0.5, 0.6) is 0 Å². The Balaban J connectivity index is 1.79. The van der Waals surface area contributed by atoms with Gasteiger partial charge < -0.3 is 4.90 Å². The van der Waals surface area contributed by atoms with Crippen molar-refractivity contribution in [2.75, 3.05) is 19.0 Å². The number of rotatable bonds is 4. The number of carbonyl (C=O) groups is 2. The number of nitrogens with zero attached hydrogens (tertiary/aromatic N) is 2. The number of imide groups is 1. The minimum atomic E-state index is -0.227. The van der Waals surface area contributed by atoms with Crippen molar-refractivity contribution < 1.29 is 9.59 Å². The SMILES string of the molecule is Cc1ccccc1CN1C(=O)SC(=Cc2ccc(N(C)C)cc2)C1=O. The van der Waals surface area contributed by atoms with Crippen LogP contribution in [0.15, 0.2) is 53.4 Å². The van der Waals surface area contributed by atoms with Gasteiger partial charge in [0.1, 0.15) is 0 Å². The highest BCUT2D eigenvalue weighted by molar-refractivity contribution is 8.18. The molecule has 0 radical (unpaired) electrons. The summed E-state index contributed by atoms with van der Waals surface area (Å²) in [7, 11) is 3.96. The lowest BCUT2D eigenvalue weighted by Crippen LogP contribution is -2.27. The summed E-state index contributed by atoms with van der Waals surface area (Å²) in [6.07, 6.45) is 1.78. The Morgan fingerprint density at radius 2 is 1.72 bits per heavy atom. The first-order chi connectivity index (χ1) is 12.0. The van der Waals surface area contributed by atoms with E-state index < -0.39 is 0 Å². The van der Waals surface area contributed by atoms with Crippen LogP contribution in [0.1, 0.15) is 16.7 Å². The van der Waals surface area contributed by atoms with E-state index in [0.717, 1.165) is 34.1 Å². The molecule has 0 aromatic heterocycles. The van der Waals surface area contributed by atoms with Gasteiger partial charge in [-0.05, 0) is 53.6 Å². The molecule has 1 saturated heterocycles. The molecule has 0 aliphatic carbocycles. The fraction of sp³-hybridized carbons (Fsp3) is 0.200. The number of hydrogen-bond acceptors (Lipinski definition) is 4. The molecule has 2 amide bonds. The zero-order valence-corrected chi connectivity index (χ0v) is 15.3. The Labute approximate surface area is 152 Å². The zero-order chi connectivity index (χ0) is 18.0. The van der Waals surface area contributed by atoms with Gasteiger partial charge in [0, 0.05) is 19.8 Å². The van der Waals surface area contributed by atoms with Crippen molar-refractivity contribution in [2.24, 2.45) is 0 Å². The van der Waals surface area contributed by atoms with Gasteiger partial charge in [0.05, 0.1) is 11.4 Å². The van der Waals surface area contributed by atoms with Gasteiger partial charge in [-0.25, -0.2) is 0 Å². The molecule has 2 aromatic rings. The molecule has 1 heterocycles. The van der Waals surface area contributed by atoms with Crippen molar-refractivity contribution in [3.05, 3.63) is 70.1 Å². The van der Waals surface area contributed by atoms with Crippen molar-refractivity contribution in [1.82, 2.24) is 4.90 Å². The van der Waals surface area contributed by atoms with Crippen LogP contribution in [-0.4, -0.2) is 30.1 Å². The maximum Gasteiger partial charge on any atom is 0.293 e. The number of carbonyl (C=O) groups excluding carboxylic acids is 2. The molecular weight excluding hydrogens is 332 g/mol. The molecule has 0 unspecified atom stereocenters. The molecule has 0 atom stereocenters. The van der Waals surface area contributed by atoms with Crippen LogP contribution in [0.2, 0.25) is 0 Å². The summed E-state index contributed by atoms with van der Waals surface area (Å²) in [4.78, 5) is 28.7. The maximum atomic E-state index is 12.6. The molecule has 1 aliphatic heterocycles. The molecule has 0 N–H and O–H groups in total. The molecule has 2 aromatic carbocycles. The van der Waals surface area contributed by atoms with E-state index in [1.54, 1.807) is 6.08 Å². The predicted molar refractivity (Wildman–Crippen MR) is 103 cm³/mol. The molecule has 1 fully saturated rings. The second-order valence-corrected chi connectivity index (χ2v) is 7.17. The first kappa shape index (κ1) is 17.3. The highest BCUT2D eigenvalue weighted by atomic mass is 32.2. The van der Waals surface area contributed by atoms with Crippen molar-refractivity contribution in [3.63, 3.8) is 0 Å². The second kappa shape index (κ2) is 7.15. The molecule has 3 rings (SSSR count). The molecule has 4 nitrogen and oxygen atoms in total. The van der Waals surface area contributed by atoms with Crippen LogP contribution in [0, 0.1) is 6.92 Å². The highest BCUT2D eigenvalue weighted by Crippen LogP contribution is 2.33. The van der Waals surface area contributed by atoms with Crippen LogP contribution in [0.4, 0.5) is 10.5 Å². The van der Waals surface area contributed by atoms with Gasteiger partial charge in [0.25, 0.3) is 11.1 Å². The van der Waals surface area contributed by atoms with Gasteiger partial charge in [-0.2, -0.15) is 0 Å². The van der Waals surface area contributed by atoms with E-state index in [9.17, 15) is 9.59 Å². The molecular formula is C20H20N2O2S. The minimum Gasteiger partial charge on any atom is -0.378 e. The Kier molecular flexibility index (Phi) is 4.95. The molecule has 128 valence electrons. The first-order valence-electron chi connectivity index (χ1n) is 8.03. The molecule has 0 saturated carbocycles. The van der Waals surface area contributed by atoms with Gasteiger partial charge in [-0.1, -0.05) is 36.4 Å². The first-order valence-corrected chi connectivity index (χ1v) is 8.84. The lowest BCUT2D eigenvalue weighted by molar-refractivity contribution is -0.123. The Bertz CT molecular complexity index is 841. The van der Waals surface area contributed by atoms with Crippen molar-refractivity contribution in [1.29, 1.82) is 0 Å². The van der Waals surface area contributed by atoms with Crippen LogP contribution < -0.4 is 4.90 Å². The van der Waals surface area contributed by atoms with E-state index in [4.69, 9.17) is 0 Å². The molecule has 0 spiro atoms. The van der Waals surface area contributed by atoms with Crippen LogP contribution in [-0.2, 0) is 11.3 Å². The van der Waals surface area contributed by atoms with Gasteiger partial charge in [-0.15, -0.1) is 0 Å². The van der Waals surface area contributed by atoms with E-state index in [1.165, 1.54) is 4.90 Å². The summed E-state index contributed by atoms with van der Waals surface area (Å²) in [6.45, 7) is 2.30. The number of hydrogen-bond donors (Lipinski definition) is 0. The number of benzene rings is 2. The van der Waals surface area contributed by atoms with Crippen LogP contribution >= 0.6 is 11.8 Å². The summed E-state index contributed by atoms with van der Waals surface area (Å²) in [6, 6.07) is 15.7. The Hall–Kier alpha value is -2.53. The molecule has 1 aliphatic rings. The van der Waals surface area contributed by atoms with Crippen LogP contribution in [0.3, 0.4) is 0 Å². The topological polar surface area (TPSA) is 40.6 Å². The zero-order valence-electron chi connectivity index (χ0n) is 14.5. The fourth-order valence-corrected chi connectivity index (χ4v) is 3.45. The van der Waals surface area contributed by atoms with E-state index in [0.29, 0.717) is 11.4 Å². The fourth-order valence-electron chi connectivity index (χ4n) is 2.61. The van der Waals surface area contributed by atoms with E-state index in [2.05, 4.69) is 0 Å². The quantitative estimate of drug-likeness (QED) is 0.770. The largest absolute Gasteiger partial charge is 0.378 e. The Morgan fingerprint density at radius 3 is 2.36 bits per heavy atom. The van der Waals surface area contributed by atoms with E-state index in [-0.39, 0.29) is 11.1 Å². The van der Waals surface area contributed by atoms with Crippen LogP contribution in [0.25, 0.3) is 6.08 Å². The normalized spacial score (nSPS) is 16.0. The molecule has 0 bridgehead atoms. The number of aryl methyl sites for hydroxylation is 1. The van der Waals surface area contributed by atoms with E-state index >= 15 is 0 Å². The number of anilines is 1. The third-order valence-corrected chi connectivity index (χ3v) is 5.08. The summed E-state index contributed by atoms with van der Waals surface area (Å²) < 4.78 is 0. The van der Waals surface area contributed by atoms with Gasteiger partial charge in [0.15, 0.2) is 0 Å². The summed E-state index contributed by atoms with van der Waals surface area (Å²) in [5.74, 6) is -0.227.